The number of nitrogens with zero attached hydrogens (tertiary/aromatic N) is 1. The van der Waals surface area contributed by atoms with Gasteiger partial charge >= 0.3 is 0 Å². The van der Waals surface area contributed by atoms with Crippen LogP contribution in [-0.2, 0) is 4.79 Å². The third kappa shape index (κ3) is 2.64. The molecule has 1 amide bonds. The number of para-hydroxylation sites is 1. The fourth-order valence-electron chi connectivity index (χ4n) is 2.37. The molecule has 2 unspecified atom stereocenters. The number of carbonyl (C=O) groups excluding carboxylic acids is 1. The van der Waals surface area contributed by atoms with Gasteiger partial charge in [0, 0.05) is 23.8 Å². The van der Waals surface area contributed by atoms with Crippen LogP contribution in [0, 0.1) is 0 Å². The summed E-state index contributed by atoms with van der Waals surface area (Å²) in [5.41, 5.74) is 1.06. The first kappa shape index (κ1) is 13.3. The van der Waals surface area contributed by atoms with E-state index < -0.39 is 0 Å². The third-order valence-electron chi connectivity index (χ3n) is 3.27. The van der Waals surface area contributed by atoms with E-state index in [1.807, 2.05) is 43.0 Å². The fourth-order valence-corrected chi connectivity index (χ4v) is 2.70. The van der Waals surface area contributed by atoms with Gasteiger partial charge in [-0.25, -0.2) is 0 Å². The Morgan fingerprint density at radius 3 is 2.83 bits per heavy atom. The molecule has 0 bridgehead atoms. The van der Waals surface area contributed by atoms with Gasteiger partial charge in [-0.2, -0.15) is 12.6 Å². The summed E-state index contributed by atoms with van der Waals surface area (Å²) >= 11 is 4.39. The zero-order valence-electron chi connectivity index (χ0n) is 10.8. The molecule has 1 aromatic rings. The van der Waals surface area contributed by atoms with Crippen molar-refractivity contribution in [2.24, 2.45) is 0 Å². The maximum absolute atomic E-state index is 11.9. The molecule has 0 N–H and O–H groups in total. The number of carbonyl (C=O) groups is 1. The number of ether oxygens (including phenoxy) is 1. The van der Waals surface area contributed by atoms with E-state index in [4.69, 9.17) is 4.74 Å². The summed E-state index contributed by atoms with van der Waals surface area (Å²) in [6, 6.07) is 7.95. The average molecular weight is 265 g/mol. The van der Waals surface area contributed by atoms with E-state index in [-0.39, 0.29) is 17.2 Å². The van der Waals surface area contributed by atoms with Crippen LogP contribution < -0.4 is 4.74 Å². The van der Waals surface area contributed by atoms with Gasteiger partial charge in [0.2, 0.25) is 5.91 Å². The molecule has 1 aliphatic rings. The average Bonchev–Trinajstić information content (AvgIpc) is 2.69. The summed E-state index contributed by atoms with van der Waals surface area (Å²) in [5, 5.41) is 0.152. The molecule has 18 heavy (non-hydrogen) atoms. The van der Waals surface area contributed by atoms with Crippen molar-refractivity contribution in [1.29, 1.82) is 0 Å². The van der Waals surface area contributed by atoms with Crippen LogP contribution in [0.3, 0.4) is 0 Å². The van der Waals surface area contributed by atoms with Gasteiger partial charge in [-0.3, -0.25) is 4.79 Å². The predicted molar refractivity (Wildman–Crippen MR) is 75.1 cm³/mol. The van der Waals surface area contributed by atoms with Crippen LogP contribution in [0.5, 0.6) is 5.75 Å². The summed E-state index contributed by atoms with van der Waals surface area (Å²) in [6.45, 7) is 5.35. The van der Waals surface area contributed by atoms with Crippen molar-refractivity contribution in [2.45, 2.75) is 31.6 Å². The first-order chi connectivity index (χ1) is 8.63. The molecule has 2 rings (SSSR count). The smallest absolute Gasteiger partial charge is 0.224 e. The first-order valence-electron chi connectivity index (χ1n) is 6.32. The highest BCUT2D eigenvalue weighted by molar-refractivity contribution is 7.81. The van der Waals surface area contributed by atoms with E-state index in [0.29, 0.717) is 19.6 Å². The normalized spacial score (nSPS) is 21.2. The summed E-state index contributed by atoms with van der Waals surface area (Å²) in [6.07, 6.45) is 0.532. The standard InChI is InChI=1S/C14H19NO2S/c1-3-17-13-7-5-4-6-12(13)10(2)15-9-11(18)8-14(15)16/h4-7,10-11,18H,3,8-9H2,1-2H3. The number of rotatable bonds is 4. The Balaban J connectivity index is 2.23. The molecule has 0 aliphatic carbocycles. The lowest BCUT2D eigenvalue weighted by Crippen LogP contribution is -2.29. The Bertz CT molecular complexity index is 436. The van der Waals surface area contributed by atoms with Crippen LogP contribution in [-0.4, -0.2) is 29.2 Å². The van der Waals surface area contributed by atoms with Gasteiger partial charge in [0.25, 0.3) is 0 Å². The van der Waals surface area contributed by atoms with Crippen LogP contribution in [0.15, 0.2) is 24.3 Å². The maximum Gasteiger partial charge on any atom is 0.224 e. The molecule has 2 atom stereocenters. The van der Waals surface area contributed by atoms with Gasteiger partial charge in [-0.1, -0.05) is 18.2 Å². The molecular formula is C14H19NO2S. The minimum Gasteiger partial charge on any atom is -0.494 e. The minimum absolute atomic E-state index is 0.0393. The second-order valence-electron chi connectivity index (χ2n) is 4.55. The summed E-state index contributed by atoms with van der Waals surface area (Å²) < 4.78 is 5.62. The van der Waals surface area contributed by atoms with E-state index in [0.717, 1.165) is 11.3 Å². The molecule has 0 spiro atoms. The number of hydrogen-bond donors (Lipinski definition) is 1. The summed E-state index contributed by atoms with van der Waals surface area (Å²) in [4.78, 5) is 13.8. The van der Waals surface area contributed by atoms with Crippen molar-refractivity contribution < 1.29 is 9.53 Å². The molecule has 1 aromatic carbocycles. The minimum atomic E-state index is 0.0393. The van der Waals surface area contributed by atoms with E-state index in [1.54, 1.807) is 0 Å². The van der Waals surface area contributed by atoms with E-state index >= 15 is 0 Å². The molecule has 1 aliphatic heterocycles. The monoisotopic (exact) mass is 265 g/mol. The van der Waals surface area contributed by atoms with Crippen LogP contribution in [0.1, 0.15) is 31.9 Å². The third-order valence-corrected chi connectivity index (χ3v) is 3.62. The van der Waals surface area contributed by atoms with Gasteiger partial charge in [0.15, 0.2) is 0 Å². The SMILES string of the molecule is CCOc1ccccc1C(C)N1CC(S)CC1=O. The van der Waals surface area contributed by atoms with E-state index in [1.165, 1.54) is 0 Å². The molecule has 1 heterocycles. The lowest BCUT2D eigenvalue weighted by atomic mass is 10.1. The molecule has 1 saturated heterocycles. The van der Waals surface area contributed by atoms with Crippen molar-refractivity contribution in [3.63, 3.8) is 0 Å². The second kappa shape index (κ2) is 5.65. The Labute approximate surface area is 114 Å². The second-order valence-corrected chi connectivity index (χ2v) is 5.28. The van der Waals surface area contributed by atoms with Gasteiger partial charge in [-0.15, -0.1) is 0 Å². The number of likely N-dealkylation sites (tertiary alicyclic amines) is 1. The largest absolute Gasteiger partial charge is 0.494 e. The van der Waals surface area contributed by atoms with Crippen molar-refractivity contribution in [1.82, 2.24) is 4.90 Å². The first-order valence-corrected chi connectivity index (χ1v) is 6.84. The molecular weight excluding hydrogens is 246 g/mol. The van der Waals surface area contributed by atoms with Crippen molar-refractivity contribution >= 4 is 18.5 Å². The van der Waals surface area contributed by atoms with E-state index in [2.05, 4.69) is 12.6 Å². The van der Waals surface area contributed by atoms with Crippen molar-refractivity contribution in [3.8, 4) is 5.75 Å². The van der Waals surface area contributed by atoms with Crippen LogP contribution >= 0.6 is 12.6 Å². The fraction of sp³-hybridized carbons (Fsp3) is 0.500. The van der Waals surface area contributed by atoms with Crippen LogP contribution in [0.4, 0.5) is 0 Å². The topological polar surface area (TPSA) is 29.5 Å². The molecule has 3 nitrogen and oxygen atoms in total. The summed E-state index contributed by atoms with van der Waals surface area (Å²) in [7, 11) is 0. The molecule has 0 aromatic heterocycles. The highest BCUT2D eigenvalue weighted by Crippen LogP contribution is 2.32. The number of thiol groups is 1. The Kier molecular flexibility index (Phi) is 4.17. The van der Waals surface area contributed by atoms with Gasteiger partial charge in [0.1, 0.15) is 5.75 Å². The maximum atomic E-state index is 11.9. The summed E-state index contributed by atoms with van der Waals surface area (Å²) in [5.74, 6) is 1.04. The highest BCUT2D eigenvalue weighted by atomic mass is 32.1. The van der Waals surface area contributed by atoms with Crippen LogP contribution in [0.25, 0.3) is 0 Å². The van der Waals surface area contributed by atoms with Gasteiger partial charge in [0.05, 0.1) is 12.6 Å². The van der Waals surface area contributed by atoms with Gasteiger partial charge < -0.3 is 9.64 Å². The molecule has 0 radical (unpaired) electrons. The zero-order valence-corrected chi connectivity index (χ0v) is 11.7. The lowest BCUT2D eigenvalue weighted by molar-refractivity contribution is -0.129. The van der Waals surface area contributed by atoms with Gasteiger partial charge in [-0.05, 0) is 19.9 Å². The van der Waals surface area contributed by atoms with Crippen LogP contribution in [0.2, 0.25) is 0 Å². The van der Waals surface area contributed by atoms with Crippen molar-refractivity contribution in [2.75, 3.05) is 13.2 Å². The Hall–Kier alpha value is -1.16. The predicted octanol–water partition coefficient (Wildman–Crippen LogP) is 2.68. The zero-order chi connectivity index (χ0) is 13.1. The molecule has 98 valence electrons. The molecule has 1 fully saturated rings. The Morgan fingerprint density at radius 1 is 1.50 bits per heavy atom. The molecule has 0 saturated carbocycles. The Morgan fingerprint density at radius 2 is 2.22 bits per heavy atom. The lowest BCUT2D eigenvalue weighted by Gasteiger charge is -2.26. The number of amides is 1. The number of benzene rings is 1. The quantitative estimate of drug-likeness (QED) is 0.848. The van der Waals surface area contributed by atoms with Crippen molar-refractivity contribution in [3.05, 3.63) is 29.8 Å². The van der Waals surface area contributed by atoms with E-state index in [9.17, 15) is 4.79 Å². The highest BCUT2D eigenvalue weighted by Gasteiger charge is 2.32. The molecule has 4 heteroatoms. The number of hydrogen-bond acceptors (Lipinski definition) is 3.